The quantitative estimate of drug-likeness (QED) is 0.305. The minimum atomic E-state index is -1.09. The number of carbonyl (C=O) groups excluding carboxylic acids is 1. The summed E-state index contributed by atoms with van der Waals surface area (Å²) in [6.45, 7) is 0.815. The summed E-state index contributed by atoms with van der Waals surface area (Å²) in [7, 11) is 0. The lowest BCUT2D eigenvalue weighted by Crippen LogP contribution is -2.42. The minimum Gasteiger partial charge on any atom is -0.489 e. The van der Waals surface area contributed by atoms with E-state index in [1.165, 1.54) is 0 Å². The second-order valence-electron chi connectivity index (χ2n) is 8.29. The molecule has 0 heterocycles. The van der Waals surface area contributed by atoms with Gasteiger partial charge in [-0.25, -0.2) is 4.79 Å². The standard InChI is InChI=1S/C30H27NO5/c32-29(31-28(30(33)34)18-22-8-3-1-4-9-22)25-12-7-13-27(19-25)36-21-24-14-16-26(17-15-24)35-20-23-10-5-2-6-11-23/h1-17,19,28H,18,20-21H2,(H,31,32)(H,33,34). The molecule has 2 N–H and O–H groups in total. The molecule has 0 fully saturated rings. The fraction of sp³-hybridized carbons (Fsp3) is 0.133. The van der Waals surface area contributed by atoms with E-state index in [4.69, 9.17) is 9.47 Å². The molecule has 0 saturated heterocycles. The molecular formula is C30H27NO5. The molecule has 1 amide bonds. The normalized spacial score (nSPS) is 11.3. The zero-order valence-corrected chi connectivity index (χ0v) is 19.7. The lowest BCUT2D eigenvalue weighted by molar-refractivity contribution is -0.139. The third kappa shape index (κ3) is 7.21. The highest BCUT2D eigenvalue weighted by atomic mass is 16.5. The molecule has 6 nitrogen and oxygen atoms in total. The Bertz CT molecular complexity index is 1270. The van der Waals surface area contributed by atoms with Crippen molar-refractivity contribution in [3.05, 3.63) is 131 Å². The van der Waals surface area contributed by atoms with Crippen molar-refractivity contribution < 1.29 is 24.2 Å². The average molecular weight is 482 g/mol. The van der Waals surface area contributed by atoms with Crippen molar-refractivity contribution in [3.63, 3.8) is 0 Å². The van der Waals surface area contributed by atoms with Crippen molar-refractivity contribution in [2.75, 3.05) is 0 Å². The summed E-state index contributed by atoms with van der Waals surface area (Å²) in [6.07, 6.45) is 0.198. The number of nitrogens with one attached hydrogen (secondary N) is 1. The van der Waals surface area contributed by atoms with E-state index in [-0.39, 0.29) is 6.42 Å². The van der Waals surface area contributed by atoms with Crippen molar-refractivity contribution in [1.29, 1.82) is 0 Å². The third-order valence-corrected chi connectivity index (χ3v) is 5.56. The Balaban J connectivity index is 1.31. The molecule has 0 aliphatic heterocycles. The van der Waals surface area contributed by atoms with E-state index in [0.29, 0.717) is 24.5 Å². The van der Waals surface area contributed by atoms with E-state index in [2.05, 4.69) is 5.32 Å². The molecule has 0 aliphatic carbocycles. The lowest BCUT2D eigenvalue weighted by atomic mass is 10.1. The molecule has 4 aromatic rings. The van der Waals surface area contributed by atoms with Gasteiger partial charge in [0.2, 0.25) is 0 Å². The second-order valence-corrected chi connectivity index (χ2v) is 8.29. The molecule has 0 aliphatic rings. The Hall–Kier alpha value is -4.58. The molecule has 4 aromatic carbocycles. The number of carboxylic acids is 1. The number of rotatable bonds is 11. The predicted octanol–water partition coefficient (Wildman–Crippen LogP) is 5.27. The van der Waals surface area contributed by atoms with Gasteiger partial charge in [0.15, 0.2) is 0 Å². The molecule has 1 unspecified atom stereocenters. The van der Waals surface area contributed by atoms with Gasteiger partial charge in [0.05, 0.1) is 0 Å². The van der Waals surface area contributed by atoms with Crippen molar-refractivity contribution in [2.24, 2.45) is 0 Å². The van der Waals surface area contributed by atoms with Gasteiger partial charge in [-0.3, -0.25) is 4.79 Å². The van der Waals surface area contributed by atoms with E-state index >= 15 is 0 Å². The van der Waals surface area contributed by atoms with Gasteiger partial charge in [0.1, 0.15) is 30.8 Å². The fourth-order valence-electron chi connectivity index (χ4n) is 3.61. The van der Waals surface area contributed by atoms with Crippen LogP contribution in [0.5, 0.6) is 11.5 Å². The van der Waals surface area contributed by atoms with Crippen LogP contribution in [0.15, 0.2) is 109 Å². The lowest BCUT2D eigenvalue weighted by Gasteiger charge is -2.15. The van der Waals surface area contributed by atoms with Gasteiger partial charge in [-0.2, -0.15) is 0 Å². The first-order chi connectivity index (χ1) is 17.6. The van der Waals surface area contributed by atoms with Crippen LogP contribution in [-0.2, 0) is 24.4 Å². The summed E-state index contributed by atoms with van der Waals surface area (Å²) in [6, 6.07) is 32.5. The van der Waals surface area contributed by atoms with Crippen LogP contribution >= 0.6 is 0 Å². The summed E-state index contributed by atoms with van der Waals surface area (Å²) in [5, 5.41) is 12.2. The fourth-order valence-corrected chi connectivity index (χ4v) is 3.61. The Kier molecular flexibility index (Phi) is 8.33. The number of benzene rings is 4. The maximum atomic E-state index is 12.7. The SMILES string of the molecule is O=C(NC(Cc1ccccc1)C(=O)O)c1cccc(OCc2ccc(OCc3ccccc3)cc2)c1. The molecule has 4 rings (SSSR count). The number of aliphatic carboxylic acids is 1. The third-order valence-electron chi connectivity index (χ3n) is 5.56. The molecule has 0 radical (unpaired) electrons. The first-order valence-electron chi connectivity index (χ1n) is 11.6. The van der Waals surface area contributed by atoms with E-state index in [1.807, 2.05) is 84.9 Å². The topological polar surface area (TPSA) is 84.9 Å². The highest BCUT2D eigenvalue weighted by molar-refractivity contribution is 5.97. The van der Waals surface area contributed by atoms with Crippen LogP contribution in [0, 0.1) is 0 Å². The monoisotopic (exact) mass is 481 g/mol. The van der Waals surface area contributed by atoms with Gasteiger partial charge in [-0.1, -0.05) is 78.9 Å². The number of carboxylic acid groups (broad SMARTS) is 1. The molecule has 0 spiro atoms. The molecule has 6 heteroatoms. The molecule has 182 valence electrons. The first-order valence-corrected chi connectivity index (χ1v) is 11.6. The smallest absolute Gasteiger partial charge is 0.326 e. The zero-order valence-electron chi connectivity index (χ0n) is 19.7. The Morgan fingerprint density at radius 1 is 0.667 bits per heavy atom. The number of amides is 1. The van der Waals surface area contributed by atoms with Crippen LogP contribution in [0.4, 0.5) is 0 Å². The highest BCUT2D eigenvalue weighted by Crippen LogP contribution is 2.18. The molecule has 0 saturated carbocycles. The largest absolute Gasteiger partial charge is 0.489 e. The predicted molar refractivity (Wildman–Crippen MR) is 137 cm³/mol. The Morgan fingerprint density at radius 3 is 1.89 bits per heavy atom. The van der Waals surface area contributed by atoms with Crippen LogP contribution < -0.4 is 14.8 Å². The van der Waals surface area contributed by atoms with Crippen LogP contribution in [0.2, 0.25) is 0 Å². The number of hydrogen-bond acceptors (Lipinski definition) is 4. The van der Waals surface area contributed by atoms with Crippen molar-refractivity contribution >= 4 is 11.9 Å². The number of hydrogen-bond donors (Lipinski definition) is 2. The maximum absolute atomic E-state index is 12.7. The van der Waals surface area contributed by atoms with Crippen LogP contribution in [0.25, 0.3) is 0 Å². The second kappa shape index (κ2) is 12.2. The van der Waals surface area contributed by atoms with E-state index < -0.39 is 17.9 Å². The summed E-state index contributed by atoms with van der Waals surface area (Å²) in [5.41, 5.74) is 3.21. The van der Waals surface area contributed by atoms with Crippen molar-refractivity contribution in [1.82, 2.24) is 5.32 Å². The van der Waals surface area contributed by atoms with Gasteiger partial charge in [0.25, 0.3) is 5.91 Å². The maximum Gasteiger partial charge on any atom is 0.326 e. The van der Waals surface area contributed by atoms with Crippen LogP contribution in [0.1, 0.15) is 27.0 Å². The van der Waals surface area contributed by atoms with Gasteiger partial charge in [-0.15, -0.1) is 0 Å². The summed E-state index contributed by atoms with van der Waals surface area (Å²) < 4.78 is 11.7. The molecular weight excluding hydrogens is 454 g/mol. The summed E-state index contributed by atoms with van der Waals surface area (Å²) >= 11 is 0. The van der Waals surface area contributed by atoms with Gasteiger partial charge in [0, 0.05) is 12.0 Å². The molecule has 0 bridgehead atoms. The van der Waals surface area contributed by atoms with Crippen molar-refractivity contribution in [2.45, 2.75) is 25.7 Å². The first kappa shape index (κ1) is 24.5. The number of ether oxygens (including phenoxy) is 2. The van der Waals surface area contributed by atoms with Crippen LogP contribution in [-0.4, -0.2) is 23.0 Å². The Labute approximate surface area is 210 Å². The molecule has 36 heavy (non-hydrogen) atoms. The highest BCUT2D eigenvalue weighted by Gasteiger charge is 2.21. The van der Waals surface area contributed by atoms with Gasteiger partial charge in [-0.05, 0) is 47.0 Å². The molecule has 1 atom stereocenters. The Morgan fingerprint density at radius 2 is 1.25 bits per heavy atom. The molecule has 0 aromatic heterocycles. The number of carbonyl (C=O) groups is 2. The average Bonchev–Trinajstić information content (AvgIpc) is 2.92. The van der Waals surface area contributed by atoms with Gasteiger partial charge >= 0.3 is 5.97 Å². The van der Waals surface area contributed by atoms with Gasteiger partial charge < -0.3 is 19.9 Å². The van der Waals surface area contributed by atoms with Crippen LogP contribution in [0.3, 0.4) is 0 Å². The van der Waals surface area contributed by atoms with Crippen molar-refractivity contribution in [3.8, 4) is 11.5 Å². The van der Waals surface area contributed by atoms with E-state index in [9.17, 15) is 14.7 Å². The zero-order chi connectivity index (χ0) is 25.2. The van der Waals surface area contributed by atoms with E-state index in [0.717, 1.165) is 22.4 Å². The summed E-state index contributed by atoms with van der Waals surface area (Å²) in [4.78, 5) is 24.4. The van der Waals surface area contributed by atoms with E-state index in [1.54, 1.807) is 24.3 Å². The minimum absolute atomic E-state index is 0.198. The summed E-state index contributed by atoms with van der Waals surface area (Å²) in [5.74, 6) is -0.272.